The number of nitrogens with zero attached hydrogens (tertiary/aromatic N) is 6. The molecule has 0 bridgehead atoms. The molecule has 4 aromatic heterocycles. The number of benzene rings is 9. The molecule has 0 N–H and O–H groups in total. The Bertz CT molecular complexity index is 5000. The van der Waals surface area contributed by atoms with Crippen molar-refractivity contribution in [3.05, 3.63) is 326 Å². The second kappa shape index (κ2) is 22.9. The number of aromatic nitrogens is 4. The van der Waals surface area contributed by atoms with E-state index in [1.54, 1.807) is 55.0 Å². The van der Waals surface area contributed by atoms with E-state index in [1.807, 2.05) is 79.0 Å². The molecule has 1 unspecified atom stereocenters. The van der Waals surface area contributed by atoms with E-state index >= 15 is 0 Å². The van der Waals surface area contributed by atoms with Gasteiger partial charge in [-0.05, 0) is 194 Å². The number of carbonyl (C=O) groups is 2. The fourth-order valence-electron chi connectivity index (χ4n) is 12.9. The van der Waals surface area contributed by atoms with Gasteiger partial charge in [-0.2, -0.15) is 0 Å². The van der Waals surface area contributed by atoms with Crippen LogP contribution in [0.4, 0.5) is 34.1 Å². The van der Waals surface area contributed by atoms with Gasteiger partial charge >= 0.3 is 0 Å². The average molecular weight is 1180 g/mol. The number of ketones is 2. The molecule has 0 saturated carbocycles. The molecule has 91 heavy (non-hydrogen) atoms. The number of fused-ring (bicyclic) bond motifs is 5. The zero-order valence-corrected chi connectivity index (χ0v) is 49.3. The lowest BCUT2D eigenvalue weighted by Gasteiger charge is -2.33. The third-order valence-corrected chi connectivity index (χ3v) is 17.3. The third-order valence-electron chi connectivity index (χ3n) is 17.3. The van der Waals surface area contributed by atoms with Crippen LogP contribution in [0.2, 0.25) is 0 Å². The van der Waals surface area contributed by atoms with Crippen LogP contribution in [0.15, 0.2) is 292 Å². The van der Waals surface area contributed by atoms with Crippen LogP contribution in [0, 0.1) is 5.92 Å². The molecule has 0 saturated heterocycles. The molecule has 13 aromatic rings. The van der Waals surface area contributed by atoms with Gasteiger partial charge in [-0.1, -0.05) is 165 Å². The summed E-state index contributed by atoms with van der Waals surface area (Å²) in [5.41, 5.74) is 19.4. The molecule has 3 aliphatic rings. The SMILES string of the molecule is CC1CC=C(c2ccc(-c3cccc(N4c5ccccc5Oc5ccccc54)c3)c3c(-c4ccc(-c5ccc(C(=O)c6ccccn6)nc5)cc4)ccc(-c4cccc(N5c6ccccc6Oc6ccccc65)c4)c23)C=C1c1ccc(C(=O)c2ccccn2)nc1. The first-order valence-corrected chi connectivity index (χ1v) is 30.4. The fourth-order valence-corrected chi connectivity index (χ4v) is 12.9. The molecule has 0 fully saturated rings. The Labute approximate surface area is 526 Å². The van der Waals surface area contributed by atoms with Crippen molar-refractivity contribution >= 4 is 67.6 Å². The summed E-state index contributed by atoms with van der Waals surface area (Å²) in [7, 11) is 0. The lowest BCUT2D eigenvalue weighted by molar-refractivity contribution is 0.102. The number of ether oxygens (including phenoxy) is 2. The molecule has 0 amide bonds. The van der Waals surface area contributed by atoms with E-state index in [-0.39, 0.29) is 17.5 Å². The maximum absolute atomic E-state index is 13.6. The molecule has 432 valence electrons. The minimum atomic E-state index is -0.229. The summed E-state index contributed by atoms with van der Waals surface area (Å²) in [5.74, 6) is 2.82. The topological polar surface area (TPSA) is 111 Å². The summed E-state index contributed by atoms with van der Waals surface area (Å²) in [6.45, 7) is 2.25. The Morgan fingerprint density at radius 2 is 0.780 bits per heavy atom. The number of hydrogen-bond donors (Lipinski definition) is 0. The summed E-state index contributed by atoms with van der Waals surface area (Å²) in [5, 5.41) is 2.15. The summed E-state index contributed by atoms with van der Waals surface area (Å²) >= 11 is 0. The molecule has 1 aliphatic carbocycles. The van der Waals surface area contributed by atoms with Crippen LogP contribution in [0.25, 0.3) is 66.4 Å². The van der Waals surface area contributed by atoms with Gasteiger partial charge in [0.2, 0.25) is 11.6 Å². The molecular weight excluding hydrogens is 1120 g/mol. The van der Waals surface area contributed by atoms with Gasteiger partial charge in [0.05, 0.1) is 22.7 Å². The van der Waals surface area contributed by atoms with E-state index in [1.165, 1.54) is 0 Å². The largest absolute Gasteiger partial charge is 0.453 e. The van der Waals surface area contributed by atoms with Crippen LogP contribution in [-0.4, -0.2) is 31.5 Å². The summed E-state index contributed by atoms with van der Waals surface area (Å²) in [6.07, 6.45) is 12.3. The maximum Gasteiger partial charge on any atom is 0.229 e. The average Bonchev–Trinajstić information content (AvgIpc) is 0.944. The van der Waals surface area contributed by atoms with Gasteiger partial charge in [0.15, 0.2) is 23.0 Å². The maximum atomic E-state index is 13.6. The smallest absolute Gasteiger partial charge is 0.229 e. The molecule has 9 aromatic carbocycles. The van der Waals surface area contributed by atoms with E-state index in [9.17, 15) is 9.59 Å². The summed E-state index contributed by atoms with van der Waals surface area (Å²) in [6, 6.07) is 86.4. The van der Waals surface area contributed by atoms with Crippen molar-refractivity contribution in [2.75, 3.05) is 9.80 Å². The van der Waals surface area contributed by atoms with Crippen LogP contribution < -0.4 is 19.3 Å². The third kappa shape index (κ3) is 9.89. The van der Waals surface area contributed by atoms with Crippen LogP contribution in [0.1, 0.15) is 56.8 Å². The van der Waals surface area contributed by atoms with E-state index in [0.29, 0.717) is 22.8 Å². The Morgan fingerprint density at radius 3 is 1.24 bits per heavy atom. The van der Waals surface area contributed by atoms with Gasteiger partial charge in [-0.15, -0.1) is 0 Å². The van der Waals surface area contributed by atoms with E-state index in [0.717, 1.165) is 141 Å². The second-order valence-corrected chi connectivity index (χ2v) is 22.8. The summed E-state index contributed by atoms with van der Waals surface area (Å²) in [4.78, 5) is 49.5. The first kappa shape index (κ1) is 54.3. The Kier molecular flexibility index (Phi) is 13.6. The van der Waals surface area contributed by atoms with Crippen molar-refractivity contribution in [3.63, 3.8) is 0 Å². The fraction of sp³-hybridized carbons (Fsp3) is 0.0370. The van der Waals surface area contributed by atoms with Gasteiger partial charge in [0.1, 0.15) is 22.8 Å². The standard InChI is InChI=1S/C81H54N6O4/c1-51-30-31-56(48-65(51)58-37-43-69(85-50-58)81(89)67-21-11-13-45-83-67)64-41-40-62(54-16-14-18-59(46-54)86-70-22-2-6-26-74(70)90-75-27-7-3-23-71(75)86)78-61(53-34-32-52(33-35-53)57-36-42-68(84-49-57)80(88)66-20-10-12-44-82-66)38-39-63(79(64)78)55-17-15-19-60(47-55)87-72-24-4-8-28-76(72)91-77-29-9-5-25-73(77)87/h2-29,31-51H,30H2,1H3. The van der Waals surface area contributed by atoms with Crippen LogP contribution in [0.5, 0.6) is 23.0 Å². The lowest BCUT2D eigenvalue weighted by Crippen LogP contribution is -2.15. The van der Waals surface area contributed by atoms with Crippen molar-refractivity contribution < 1.29 is 19.1 Å². The molecule has 10 nitrogen and oxygen atoms in total. The predicted octanol–water partition coefficient (Wildman–Crippen LogP) is 20.2. The van der Waals surface area contributed by atoms with Gasteiger partial charge in [-0.3, -0.25) is 29.5 Å². The van der Waals surface area contributed by atoms with Crippen molar-refractivity contribution in [1.82, 2.24) is 19.9 Å². The van der Waals surface area contributed by atoms with Crippen molar-refractivity contribution in [1.29, 1.82) is 0 Å². The number of anilines is 6. The molecule has 0 radical (unpaired) electrons. The predicted molar refractivity (Wildman–Crippen MR) is 362 cm³/mol. The van der Waals surface area contributed by atoms with Gasteiger partial charge in [0.25, 0.3) is 0 Å². The highest BCUT2D eigenvalue weighted by Gasteiger charge is 2.30. The highest BCUT2D eigenvalue weighted by Crippen LogP contribution is 2.54. The minimum absolute atomic E-state index is 0.156. The molecule has 6 heterocycles. The molecular formula is C81H54N6O4. The van der Waals surface area contributed by atoms with Gasteiger partial charge in [-0.25, -0.2) is 0 Å². The lowest BCUT2D eigenvalue weighted by atomic mass is 9.80. The Balaban J connectivity index is 0.903. The number of pyridine rings is 4. The van der Waals surface area contributed by atoms with E-state index in [2.05, 4.69) is 189 Å². The summed E-state index contributed by atoms with van der Waals surface area (Å²) < 4.78 is 13.0. The highest BCUT2D eigenvalue weighted by molar-refractivity contribution is 6.17. The second-order valence-electron chi connectivity index (χ2n) is 22.8. The molecule has 1 atom stereocenters. The number of carbonyl (C=O) groups excluding carboxylic acids is 2. The van der Waals surface area contributed by atoms with Crippen molar-refractivity contribution in [2.45, 2.75) is 13.3 Å². The Hall–Kier alpha value is -12.1. The normalized spacial score (nSPS) is 13.7. The monoisotopic (exact) mass is 1170 g/mol. The molecule has 2 aliphatic heterocycles. The van der Waals surface area contributed by atoms with E-state index in [4.69, 9.17) is 14.5 Å². The molecule has 16 rings (SSSR count). The van der Waals surface area contributed by atoms with Crippen molar-refractivity contribution in [3.8, 4) is 67.5 Å². The molecule has 0 spiro atoms. The van der Waals surface area contributed by atoms with Crippen molar-refractivity contribution in [2.24, 2.45) is 5.92 Å². The quantitative estimate of drug-likeness (QED) is 0.110. The minimum Gasteiger partial charge on any atom is -0.453 e. The Morgan fingerprint density at radius 1 is 0.374 bits per heavy atom. The van der Waals surface area contributed by atoms with Crippen LogP contribution in [0.3, 0.4) is 0 Å². The number of rotatable bonds is 12. The van der Waals surface area contributed by atoms with Crippen LogP contribution in [-0.2, 0) is 0 Å². The number of para-hydroxylation sites is 8. The van der Waals surface area contributed by atoms with Gasteiger partial charge in [0, 0.05) is 41.7 Å². The van der Waals surface area contributed by atoms with Gasteiger partial charge < -0.3 is 19.3 Å². The van der Waals surface area contributed by atoms with Crippen LogP contribution >= 0.6 is 0 Å². The molecule has 10 heteroatoms. The zero-order valence-electron chi connectivity index (χ0n) is 49.3. The van der Waals surface area contributed by atoms with E-state index < -0.39 is 0 Å². The first-order valence-electron chi connectivity index (χ1n) is 30.4. The number of allylic oxidation sites excluding steroid dienone is 4. The highest BCUT2D eigenvalue weighted by atomic mass is 16.5. The number of hydrogen-bond acceptors (Lipinski definition) is 10. The zero-order chi connectivity index (χ0) is 60.9. The first-order chi connectivity index (χ1) is 44.9.